The summed E-state index contributed by atoms with van der Waals surface area (Å²) in [5.74, 6) is 1.92. The van der Waals surface area contributed by atoms with E-state index in [4.69, 9.17) is 4.74 Å². The van der Waals surface area contributed by atoms with Crippen molar-refractivity contribution in [1.29, 1.82) is 0 Å². The first-order valence-electron chi connectivity index (χ1n) is 5.16. The summed E-state index contributed by atoms with van der Waals surface area (Å²) in [6.07, 6.45) is 6.02. The fourth-order valence-corrected chi connectivity index (χ4v) is 1.56. The highest BCUT2D eigenvalue weighted by Crippen LogP contribution is 2.22. The second-order valence-electron chi connectivity index (χ2n) is 4.15. The minimum Gasteiger partial charge on any atom is -0.497 e. The molecule has 1 aliphatic rings. The van der Waals surface area contributed by atoms with E-state index < -0.39 is 0 Å². The van der Waals surface area contributed by atoms with Gasteiger partial charge in [0.15, 0.2) is 0 Å². The Morgan fingerprint density at radius 2 is 2.31 bits per heavy atom. The maximum absolute atomic E-state index is 5.68. The van der Waals surface area contributed by atoms with Crippen LogP contribution in [0.3, 0.4) is 0 Å². The quantitative estimate of drug-likeness (QED) is 0.663. The standard InChI is InChI=1S/C11H21NO/c1-10-5-4-6-11(9-10)13-8-7-12(2)3/h9-10H,4-8H2,1-3H3. The van der Waals surface area contributed by atoms with E-state index in [0.29, 0.717) is 5.92 Å². The average molecular weight is 183 g/mol. The van der Waals surface area contributed by atoms with E-state index >= 15 is 0 Å². The van der Waals surface area contributed by atoms with Crippen LogP contribution in [0.1, 0.15) is 26.2 Å². The van der Waals surface area contributed by atoms with Gasteiger partial charge in [-0.1, -0.05) is 6.92 Å². The van der Waals surface area contributed by atoms with Gasteiger partial charge in [0, 0.05) is 13.0 Å². The minimum atomic E-state index is 0.711. The summed E-state index contributed by atoms with van der Waals surface area (Å²) in [6.45, 7) is 4.09. The van der Waals surface area contributed by atoms with E-state index in [-0.39, 0.29) is 0 Å². The normalized spacial score (nSPS) is 23.1. The molecule has 0 aliphatic heterocycles. The monoisotopic (exact) mass is 183 g/mol. The second kappa shape index (κ2) is 5.28. The molecule has 0 amide bonds. The molecule has 0 radical (unpaired) electrons. The SMILES string of the molecule is CC1C=C(OCCN(C)C)CCC1. The highest BCUT2D eigenvalue weighted by Gasteiger charge is 2.09. The molecule has 2 nitrogen and oxygen atoms in total. The smallest absolute Gasteiger partial charge is 0.100 e. The lowest BCUT2D eigenvalue weighted by molar-refractivity contribution is 0.167. The van der Waals surface area contributed by atoms with Crippen molar-refractivity contribution in [2.75, 3.05) is 27.2 Å². The van der Waals surface area contributed by atoms with Crippen molar-refractivity contribution in [1.82, 2.24) is 4.90 Å². The Hall–Kier alpha value is -0.500. The van der Waals surface area contributed by atoms with Gasteiger partial charge in [0.05, 0.1) is 5.76 Å². The summed E-state index contributed by atoms with van der Waals surface area (Å²) in [6, 6.07) is 0. The van der Waals surface area contributed by atoms with Crippen LogP contribution in [0.5, 0.6) is 0 Å². The molecule has 0 aromatic rings. The lowest BCUT2D eigenvalue weighted by Gasteiger charge is -2.19. The molecule has 1 rings (SSSR count). The molecular formula is C11H21NO. The van der Waals surface area contributed by atoms with Crippen LogP contribution in [-0.2, 0) is 4.74 Å². The molecule has 1 atom stereocenters. The Balaban J connectivity index is 2.20. The maximum Gasteiger partial charge on any atom is 0.100 e. The van der Waals surface area contributed by atoms with Gasteiger partial charge in [0.25, 0.3) is 0 Å². The molecule has 0 aromatic carbocycles. The largest absolute Gasteiger partial charge is 0.497 e. The third-order valence-electron chi connectivity index (χ3n) is 2.38. The van der Waals surface area contributed by atoms with Gasteiger partial charge in [-0.2, -0.15) is 0 Å². The Bertz CT molecular complexity index is 175. The number of hydrogen-bond acceptors (Lipinski definition) is 2. The molecule has 1 aliphatic carbocycles. The van der Waals surface area contributed by atoms with E-state index in [1.165, 1.54) is 18.6 Å². The predicted molar refractivity (Wildman–Crippen MR) is 55.6 cm³/mol. The zero-order chi connectivity index (χ0) is 9.68. The van der Waals surface area contributed by atoms with Crippen LogP contribution in [-0.4, -0.2) is 32.1 Å². The number of nitrogens with zero attached hydrogens (tertiary/aromatic N) is 1. The Morgan fingerprint density at radius 3 is 2.92 bits per heavy atom. The van der Waals surface area contributed by atoms with Gasteiger partial charge in [0.2, 0.25) is 0 Å². The van der Waals surface area contributed by atoms with Crippen LogP contribution in [0.25, 0.3) is 0 Å². The molecule has 0 N–H and O–H groups in total. The van der Waals surface area contributed by atoms with Crippen molar-refractivity contribution in [3.05, 3.63) is 11.8 Å². The van der Waals surface area contributed by atoms with E-state index in [9.17, 15) is 0 Å². The topological polar surface area (TPSA) is 12.5 Å². The summed E-state index contributed by atoms with van der Waals surface area (Å²) in [5.41, 5.74) is 0. The van der Waals surface area contributed by atoms with Crippen molar-refractivity contribution in [3.63, 3.8) is 0 Å². The average Bonchev–Trinajstić information content (AvgIpc) is 2.03. The number of hydrogen-bond donors (Lipinski definition) is 0. The zero-order valence-corrected chi connectivity index (χ0v) is 9.05. The Morgan fingerprint density at radius 1 is 1.54 bits per heavy atom. The van der Waals surface area contributed by atoms with E-state index in [1.807, 2.05) is 0 Å². The fourth-order valence-electron chi connectivity index (χ4n) is 1.56. The third kappa shape index (κ3) is 4.32. The van der Waals surface area contributed by atoms with E-state index in [2.05, 4.69) is 32.0 Å². The maximum atomic E-state index is 5.68. The molecule has 0 aromatic heterocycles. The Kier molecular flexibility index (Phi) is 4.29. The van der Waals surface area contributed by atoms with Crippen molar-refractivity contribution in [2.45, 2.75) is 26.2 Å². The molecule has 0 spiro atoms. The molecule has 0 fully saturated rings. The number of allylic oxidation sites excluding steroid dienone is 2. The summed E-state index contributed by atoms with van der Waals surface area (Å²) < 4.78 is 5.68. The predicted octanol–water partition coefficient (Wildman–Crippen LogP) is 2.27. The second-order valence-corrected chi connectivity index (χ2v) is 4.15. The highest BCUT2D eigenvalue weighted by molar-refractivity contribution is 4.99. The molecule has 2 heteroatoms. The third-order valence-corrected chi connectivity index (χ3v) is 2.38. The van der Waals surface area contributed by atoms with Crippen LogP contribution >= 0.6 is 0 Å². The number of rotatable bonds is 4. The van der Waals surface area contributed by atoms with Gasteiger partial charge in [-0.25, -0.2) is 0 Å². The molecule has 1 unspecified atom stereocenters. The molecule has 76 valence electrons. The minimum absolute atomic E-state index is 0.711. The van der Waals surface area contributed by atoms with Crippen LogP contribution in [0.15, 0.2) is 11.8 Å². The first kappa shape index (κ1) is 10.6. The van der Waals surface area contributed by atoms with E-state index in [1.54, 1.807) is 0 Å². The zero-order valence-electron chi connectivity index (χ0n) is 9.05. The summed E-state index contributed by atoms with van der Waals surface area (Å²) in [7, 11) is 4.14. The van der Waals surface area contributed by atoms with Crippen molar-refractivity contribution in [3.8, 4) is 0 Å². The van der Waals surface area contributed by atoms with Crippen LogP contribution in [0.4, 0.5) is 0 Å². The molecule has 0 saturated heterocycles. The van der Waals surface area contributed by atoms with Crippen molar-refractivity contribution in [2.24, 2.45) is 5.92 Å². The summed E-state index contributed by atoms with van der Waals surface area (Å²) in [5, 5.41) is 0. The summed E-state index contributed by atoms with van der Waals surface area (Å²) >= 11 is 0. The first-order valence-corrected chi connectivity index (χ1v) is 5.16. The first-order chi connectivity index (χ1) is 6.18. The number of ether oxygens (including phenoxy) is 1. The van der Waals surface area contributed by atoms with Gasteiger partial charge in [-0.3, -0.25) is 0 Å². The van der Waals surface area contributed by atoms with Gasteiger partial charge in [0.1, 0.15) is 6.61 Å². The molecule has 13 heavy (non-hydrogen) atoms. The van der Waals surface area contributed by atoms with Gasteiger partial charge in [-0.05, 0) is 38.9 Å². The molecule has 0 saturated carbocycles. The molecule has 0 bridgehead atoms. The number of likely N-dealkylation sites (N-methyl/N-ethyl adjacent to an activating group) is 1. The lowest BCUT2D eigenvalue weighted by atomic mass is 9.97. The van der Waals surface area contributed by atoms with Crippen LogP contribution < -0.4 is 0 Å². The fraction of sp³-hybridized carbons (Fsp3) is 0.818. The van der Waals surface area contributed by atoms with Gasteiger partial charge < -0.3 is 9.64 Å². The lowest BCUT2D eigenvalue weighted by Crippen LogP contribution is -2.18. The van der Waals surface area contributed by atoms with Crippen LogP contribution in [0, 0.1) is 5.92 Å². The van der Waals surface area contributed by atoms with Gasteiger partial charge >= 0.3 is 0 Å². The molecular weight excluding hydrogens is 162 g/mol. The Labute approximate surface area is 81.6 Å². The van der Waals surface area contributed by atoms with Gasteiger partial charge in [-0.15, -0.1) is 0 Å². The molecule has 0 heterocycles. The summed E-state index contributed by atoms with van der Waals surface area (Å²) in [4.78, 5) is 2.15. The van der Waals surface area contributed by atoms with Crippen LogP contribution in [0.2, 0.25) is 0 Å². The van der Waals surface area contributed by atoms with Crippen molar-refractivity contribution < 1.29 is 4.74 Å². The highest BCUT2D eigenvalue weighted by atomic mass is 16.5. The van der Waals surface area contributed by atoms with Crippen molar-refractivity contribution >= 4 is 0 Å². The van der Waals surface area contributed by atoms with E-state index in [0.717, 1.165) is 19.6 Å².